The number of halogens is 2. The number of ether oxygens (including phenoxy) is 1. The number of benzene rings is 1. The lowest BCUT2D eigenvalue weighted by Crippen LogP contribution is -2.12. The quantitative estimate of drug-likeness (QED) is 0.456. The second-order valence-electron chi connectivity index (χ2n) is 5.54. The Labute approximate surface area is 165 Å². The SMILES string of the molecule is O=C(Nc1nc(-c2ccc(OC(F)F)cc2)cs1)c1cc(-c2cccs2)[nH]n1. The van der Waals surface area contributed by atoms with E-state index in [0.717, 1.165) is 16.1 Å². The number of aromatic amines is 1. The smallest absolute Gasteiger partial charge is 0.387 e. The number of aromatic nitrogens is 3. The van der Waals surface area contributed by atoms with Crippen LogP contribution in [-0.2, 0) is 0 Å². The summed E-state index contributed by atoms with van der Waals surface area (Å²) in [7, 11) is 0. The normalized spacial score (nSPS) is 11.0. The number of thiazole rings is 1. The lowest BCUT2D eigenvalue weighted by Gasteiger charge is -2.04. The van der Waals surface area contributed by atoms with Crippen molar-refractivity contribution in [2.45, 2.75) is 6.61 Å². The van der Waals surface area contributed by atoms with E-state index in [2.05, 4.69) is 25.2 Å². The highest BCUT2D eigenvalue weighted by molar-refractivity contribution is 7.14. The predicted molar refractivity (Wildman–Crippen MR) is 104 cm³/mol. The number of hydrogen-bond donors (Lipinski definition) is 2. The third-order valence-corrected chi connectivity index (χ3v) is 5.36. The Balaban J connectivity index is 1.44. The fourth-order valence-electron chi connectivity index (χ4n) is 2.43. The van der Waals surface area contributed by atoms with E-state index in [4.69, 9.17) is 0 Å². The second kappa shape index (κ2) is 7.87. The highest BCUT2D eigenvalue weighted by Crippen LogP contribution is 2.28. The zero-order valence-corrected chi connectivity index (χ0v) is 15.7. The number of anilines is 1. The third-order valence-electron chi connectivity index (χ3n) is 3.70. The van der Waals surface area contributed by atoms with E-state index < -0.39 is 6.61 Å². The molecule has 0 saturated heterocycles. The minimum Gasteiger partial charge on any atom is -0.435 e. The number of amides is 1. The van der Waals surface area contributed by atoms with E-state index in [-0.39, 0.29) is 17.4 Å². The Morgan fingerprint density at radius 3 is 2.71 bits per heavy atom. The van der Waals surface area contributed by atoms with Crippen LogP contribution in [0.15, 0.2) is 53.2 Å². The van der Waals surface area contributed by atoms with Crippen molar-refractivity contribution in [3.63, 3.8) is 0 Å². The summed E-state index contributed by atoms with van der Waals surface area (Å²) in [5.74, 6) is -0.303. The molecule has 28 heavy (non-hydrogen) atoms. The molecule has 0 aliphatic carbocycles. The van der Waals surface area contributed by atoms with E-state index in [1.54, 1.807) is 34.9 Å². The van der Waals surface area contributed by atoms with E-state index in [9.17, 15) is 13.6 Å². The number of carbonyl (C=O) groups is 1. The third kappa shape index (κ3) is 4.07. The van der Waals surface area contributed by atoms with Crippen LogP contribution >= 0.6 is 22.7 Å². The maximum atomic E-state index is 12.4. The summed E-state index contributed by atoms with van der Waals surface area (Å²) in [6, 6.07) is 11.7. The Bertz CT molecular complexity index is 1080. The van der Waals surface area contributed by atoms with Crippen molar-refractivity contribution in [2.75, 3.05) is 5.32 Å². The van der Waals surface area contributed by atoms with Crippen molar-refractivity contribution < 1.29 is 18.3 Å². The van der Waals surface area contributed by atoms with Crippen molar-refractivity contribution in [1.29, 1.82) is 0 Å². The van der Waals surface area contributed by atoms with E-state index >= 15 is 0 Å². The van der Waals surface area contributed by atoms with Gasteiger partial charge in [-0.25, -0.2) is 4.98 Å². The molecule has 3 aromatic heterocycles. The molecule has 4 rings (SSSR count). The summed E-state index contributed by atoms with van der Waals surface area (Å²) in [4.78, 5) is 17.7. The number of thiophene rings is 1. The van der Waals surface area contributed by atoms with Gasteiger partial charge >= 0.3 is 6.61 Å². The van der Waals surface area contributed by atoms with E-state index in [1.165, 1.54) is 23.5 Å². The van der Waals surface area contributed by atoms with Gasteiger partial charge in [0.25, 0.3) is 5.91 Å². The molecule has 0 spiro atoms. The average Bonchev–Trinajstić information content (AvgIpc) is 3.43. The number of rotatable bonds is 6. The van der Waals surface area contributed by atoms with Gasteiger partial charge in [-0.1, -0.05) is 6.07 Å². The van der Waals surface area contributed by atoms with Crippen molar-refractivity contribution in [1.82, 2.24) is 15.2 Å². The Morgan fingerprint density at radius 2 is 2.00 bits per heavy atom. The Morgan fingerprint density at radius 1 is 1.18 bits per heavy atom. The van der Waals surface area contributed by atoms with Crippen molar-refractivity contribution in [3.8, 4) is 27.6 Å². The van der Waals surface area contributed by atoms with Gasteiger partial charge in [0.1, 0.15) is 5.75 Å². The molecule has 2 N–H and O–H groups in total. The second-order valence-corrected chi connectivity index (χ2v) is 7.34. The van der Waals surface area contributed by atoms with E-state index in [0.29, 0.717) is 10.8 Å². The Hall–Kier alpha value is -3.11. The van der Waals surface area contributed by atoms with Crippen LogP contribution in [-0.4, -0.2) is 27.7 Å². The van der Waals surface area contributed by atoms with Gasteiger partial charge in [-0.15, -0.1) is 22.7 Å². The number of hydrogen-bond acceptors (Lipinski definition) is 6. The molecular formula is C18H12F2N4O2S2. The summed E-state index contributed by atoms with van der Waals surface area (Å²) < 4.78 is 28.7. The number of alkyl halides is 2. The molecule has 3 heterocycles. The van der Waals surface area contributed by atoms with E-state index in [1.807, 2.05) is 17.5 Å². The highest BCUT2D eigenvalue weighted by atomic mass is 32.1. The summed E-state index contributed by atoms with van der Waals surface area (Å²) in [6.07, 6.45) is 0. The van der Waals surface area contributed by atoms with Gasteiger partial charge in [0, 0.05) is 10.9 Å². The molecule has 0 atom stereocenters. The fraction of sp³-hybridized carbons (Fsp3) is 0.0556. The van der Waals surface area contributed by atoms with Crippen LogP contribution < -0.4 is 10.1 Å². The van der Waals surface area contributed by atoms with Gasteiger partial charge in [-0.05, 0) is 41.8 Å². The molecule has 10 heteroatoms. The zero-order valence-electron chi connectivity index (χ0n) is 14.1. The van der Waals surface area contributed by atoms with Crippen LogP contribution in [0.1, 0.15) is 10.5 Å². The van der Waals surface area contributed by atoms with Gasteiger partial charge in [0.05, 0.1) is 16.3 Å². The summed E-state index contributed by atoms with van der Waals surface area (Å²) in [6.45, 7) is -2.87. The fourth-order valence-corrected chi connectivity index (χ4v) is 3.84. The number of nitrogens with one attached hydrogen (secondary N) is 2. The zero-order chi connectivity index (χ0) is 19.5. The number of carbonyl (C=O) groups excluding carboxylic acids is 1. The monoisotopic (exact) mass is 418 g/mol. The minimum atomic E-state index is -2.87. The lowest BCUT2D eigenvalue weighted by atomic mass is 10.2. The molecule has 0 aliphatic heterocycles. The molecule has 6 nitrogen and oxygen atoms in total. The summed E-state index contributed by atoms with van der Waals surface area (Å²) in [5.41, 5.74) is 2.36. The predicted octanol–water partition coefficient (Wildman–Crippen LogP) is 5.12. The topological polar surface area (TPSA) is 79.9 Å². The first kappa shape index (κ1) is 18.3. The molecule has 0 unspecified atom stereocenters. The lowest BCUT2D eigenvalue weighted by molar-refractivity contribution is -0.0498. The van der Waals surface area contributed by atoms with Crippen LogP contribution in [0.3, 0.4) is 0 Å². The van der Waals surface area contributed by atoms with Crippen molar-refractivity contribution in [2.24, 2.45) is 0 Å². The summed E-state index contributed by atoms with van der Waals surface area (Å²) >= 11 is 2.80. The first-order valence-corrected chi connectivity index (χ1v) is 9.76. The van der Waals surface area contributed by atoms with Gasteiger partial charge in [-0.3, -0.25) is 15.2 Å². The molecule has 0 saturated carbocycles. The van der Waals surface area contributed by atoms with Crippen LogP contribution in [0, 0.1) is 0 Å². The standard InChI is InChI=1S/C18H12F2N4O2S2/c19-17(20)26-11-5-3-10(4-6-11)14-9-28-18(21-14)22-16(25)13-8-12(23-24-13)15-2-1-7-27-15/h1-9,17H,(H,23,24)(H,21,22,25). The largest absolute Gasteiger partial charge is 0.435 e. The van der Waals surface area contributed by atoms with Gasteiger partial charge in [0.15, 0.2) is 10.8 Å². The van der Waals surface area contributed by atoms with Crippen molar-refractivity contribution >= 4 is 33.7 Å². The highest BCUT2D eigenvalue weighted by Gasteiger charge is 2.14. The molecule has 0 bridgehead atoms. The molecule has 0 radical (unpaired) electrons. The first-order chi connectivity index (χ1) is 13.6. The molecule has 4 aromatic rings. The maximum Gasteiger partial charge on any atom is 0.387 e. The van der Waals surface area contributed by atoms with Gasteiger partial charge in [-0.2, -0.15) is 13.9 Å². The van der Waals surface area contributed by atoms with Crippen LogP contribution in [0.4, 0.5) is 13.9 Å². The maximum absolute atomic E-state index is 12.4. The molecular weight excluding hydrogens is 406 g/mol. The number of nitrogens with zero attached hydrogens (tertiary/aromatic N) is 2. The van der Waals surface area contributed by atoms with Gasteiger partial charge < -0.3 is 4.74 Å². The first-order valence-electron chi connectivity index (χ1n) is 8.00. The Kier molecular flexibility index (Phi) is 5.13. The molecule has 142 valence electrons. The number of H-pyrrole nitrogens is 1. The molecule has 0 fully saturated rings. The molecule has 1 aromatic carbocycles. The molecule has 1 amide bonds. The average molecular weight is 418 g/mol. The van der Waals surface area contributed by atoms with Gasteiger partial charge in [0.2, 0.25) is 0 Å². The summed E-state index contributed by atoms with van der Waals surface area (Å²) in [5, 5.41) is 13.7. The van der Waals surface area contributed by atoms with Crippen LogP contribution in [0.25, 0.3) is 21.8 Å². The van der Waals surface area contributed by atoms with Crippen LogP contribution in [0.5, 0.6) is 5.75 Å². The van der Waals surface area contributed by atoms with Crippen molar-refractivity contribution in [3.05, 3.63) is 58.9 Å². The molecule has 0 aliphatic rings. The van der Waals surface area contributed by atoms with Crippen LogP contribution in [0.2, 0.25) is 0 Å². The minimum absolute atomic E-state index is 0.0718.